The minimum Gasteiger partial charge on any atom is -0.322 e. The monoisotopic (exact) mass is 180 g/mol. The van der Waals surface area contributed by atoms with Crippen molar-refractivity contribution in [2.24, 2.45) is 5.73 Å². The zero-order valence-corrected chi connectivity index (χ0v) is 6.88. The van der Waals surface area contributed by atoms with Crippen molar-refractivity contribution in [2.75, 3.05) is 5.32 Å². The van der Waals surface area contributed by atoms with Crippen LogP contribution in [-0.2, 0) is 11.2 Å². The zero-order valence-electron chi connectivity index (χ0n) is 6.88. The summed E-state index contributed by atoms with van der Waals surface area (Å²) in [6.07, 6.45) is 0.402. The average Bonchev–Trinajstić information content (AvgIpc) is 2.09. The molecule has 68 valence electrons. The van der Waals surface area contributed by atoms with Gasteiger partial charge in [0.2, 0.25) is 5.91 Å². The number of para-hydroxylation sites is 1. The number of rotatable bonds is 0. The first-order valence-corrected chi connectivity index (χ1v) is 4.02. The fraction of sp³-hybridized carbons (Fsp3) is 0.222. The molecule has 0 bridgehead atoms. The molecule has 2 rings (SSSR count). The quantitative estimate of drug-likeness (QED) is 0.615. The number of hydrogen-bond donors (Lipinski definition) is 2. The molecular formula is C9H9FN2O. The van der Waals surface area contributed by atoms with Crippen LogP contribution in [0.5, 0.6) is 0 Å². The van der Waals surface area contributed by atoms with E-state index in [-0.39, 0.29) is 11.6 Å². The van der Waals surface area contributed by atoms with Gasteiger partial charge >= 0.3 is 0 Å². The molecule has 1 aromatic rings. The standard InChI is InChI=1S/C9H9FN2O/c10-6-3-1-2-5-4-7(11)9(13)12-8(5)6/h1-3,7H,4,11H2,(H,12,13). The molecule has 0 aliphatic carbocycles. The van der Waals surface area contributed by atoms with Crippen LogP contribution in [-0.4, -0.2) is 11.9 Å². The highest BCUT2D eigenvalue weighted by molar-refractivity contribution is 5.97. The summed E-state index contributed by atoms with van der Waals surface area (Å²) in [6.45, 7) is 0. The van der Waals surface area contributed by atoms with Crippen LogP contribution in [0.25, 0.3) is 0 Å². The number of hydrogen-bond acceptors (Lipinski definition) is 2. The van der Waals surface area contributed by atoms with E-state index in [2.05, 4.69) is 5.32 Å². The molecule has 4 heteroatoms. The minimum absolute atomic E-state index is 0.272. The van der Waals surface area contributed by atoms with Crippen molar-refractivity contribution in [3.63, 3.8) is 0 Å². The molecule has 13 heavy (non-hydrogen) atoms. The Hall–Kier alpha value is -1.42. The van der Waals surface area contributed by atoms with Gasteiger partial charge in [0.05, 0.1) is 11.7 Å². The molecule has 0 fully saturated rings. The van der Waals surface area contributed by atoms with E-state index in [1.165, 1.54) is 6.07 Å². The Bertz CT molecular complexity index is 365. The Balaban J connectivity index is 2.48. The molecule has 1 heterocycles. The van der Waals surface area contributed by atoms with Gasteiger partial charge in [-0.15, -0.1) is 0 Å². The van der Waals surface area contributed by atoms with E-state index in [1.807, 2.05) is 0 Å². The van der Waals surface area contributed by atoms with Gasteiger partial charge in [0, 0.05) is 0 Å². The van der Waals surface area contributed by atoms with Crippen molar-refractivity contribution in [3.05, 3.63) is 29.6 Å². The summed E-state index contributed by atoms with van der Waals surface area (Å²) in [4.78, 5) is 11.1. The van der Waals surface area contributed by atoms with Crippen molar-refractivity contribution >= 4 is 11.6 Å². The lowest BCUT2D eigenvalue weighted by Crippen LogP contribution is -2.41. The highest BCUT2D eigenvalue weighted by Gasteiger charge is 2.24. The molecule has 0 saturated carbocycles. The maximum Gasteiger partial charge on any atom is 0.241 e. The predicted molar refractivity (Wildman–Crippen MR) is 46.7 cm³/mol. The second-order valence-corrected chi connectivity index (χ2v) is 3.07. The third kappa shape index (κ3) is 1.29. The van der Waals surface area contributed by atoms with Gasteiger partial charge in [-0.2, -0.15) is 0 Å². The summed E-state index contributed by atoms with van der Waals surface area (Å²) in [5.74, 6) is -0.727. The summed E-state index contributed by atoms with van der Waals surface area (Å²) in [5.41, 5.74) is 6.54. The van der Waals surface area contributed by atoms with Gasteiger partial charge in [0.25, 0.3) is 0 Å². The summed E-state index contributed by atoms with van der Waals surface area (Å²) >= 11 is 0. The molecule has 0 aromatic heterocycles. The lowest BCUT2D eigenvalue weighted by atomic mass is 9.99. The molecule has 0 saturated heterocycles. The Morgan fingerprint density at radius 2 is 2.31 bits per heavy atom. The van der Waals surface area contributed by atoms with Crippen LogP contribution < -0.4 is 11.1 Å². The number of halogens is 1. The van der Waals surface area contributed by atoms with Gasteiger partial charge in [0.15, 0.2) is 0 Å². The fourth-order valence-corrected chi connectivity index (χ4v) is 1.42. The number of fused-ring (bicyclic) bond motifs is 1. The third-order valence-electron chi connectivity index (χ3n) is 2.12. The number of carbonyl (C=O) groups excluding carboxylic acids is 1. The summed E-state index contributed by atoms with van der Waals surface area (Å²) in [5, 5.41) is 2.44. The first-order chi connectivity index (χ1) is 6.18. The molecule has 1 amide bonds. The van der Waals surface area contributed by atoms with E-state index in [0.717, 1.165) is 5.56 Å². The van der Waals surface area contributed by atoms with Crippen LogP contribution in [0.1, 0.15) is 5.56 Å². The lowest BCUT2D eigenvalue weighted by molar-refractivity contribution is -0.117. The molecule has 1 unspecified atom stereocenters. The van der Waals surface area contributed by atoms with Gasteiger partial charge in [-0.05, 0) is 18.1 Å². The SMILES string of the molecule is NC1Cc2cccc(F)c2NC1=O. The first kappa shape index (κ1) is 8.19. The number of anilines is 1. The second kappa shape index (κ2) is 2.81. The van der Waals surface area contributed by atoms with Crippen LogP contribution in [0.3, 0.4) is 0 Å². The van der Waals surface area contributed by atoms with Gasteiger partial charge < -0.3 is 11.1 Å². The molecular weight excluding hydrogens is 171 g/mol. The van der Waals surface area contributed by atoms with Crippen molar-refractivity contribution in [3.8, 4) is 0 Å². The summed E-state index contributed by atoms with van der Waals surface area (Å²) in [7, 11) is 0. The van der Waals surface area contributed by atoms with Crippen molar-refractivity contribution in [1.82, 2.24) is 0 Å². The van der Waals surface area contributed by atoms with Crippen LogP contribution in [0.15, 0.2) is 18.2 Å². The summed E-state index contributed by atoms with van der Waals surface area (Å²) < 4.78 is 13.1. The first-order valence-electron chi connectivity index (χ1n) is 4.02. The zero-order chi connectivity index (χ0) is 9.42. The van der Waals surface area contributed by atoms with E-state index in [9.17, 15) is 9.18 Å². The number of nitrogens with two attached hydrogens (primary N) is 1. The van der Waals surface area contributed by atoms with Gasteiger partial charge in [0.1, 0.15) is 5.82 Å². The smallest absolute Gasteiger partial charge is 0.241 e. The molecule has 1 aromatic carbocycles. The van der Waals surface area contributed by atoms with E-state index in [0.29, 0.717) is 6.42 Å². The minimum atomic E-state index is -0.561. The largest absolute Gasteiger partial charge is 0.322 e. The number of benzene rings is 1. The molecule has 1 aliphatic rings. The Morgan fingerprint density at radius 1 is 1.54 bits per heavy atom. The topological polar surface area (TPSA) is 55.1 Å². The second-order valence-electron chi connectivity index (χ2n) is 3.07. The van der Waals surface area contributed by atoms with Crippen LogP contribution in [0.2, 0.25) is 0 Å². The van der Waals surface area contributed by atoms with Crippen LogP contribution in [0.4, 0.5) is 10.1 Å². The Morgan fingerprint density at radius 3 is 3.08 bits per heavy atom. The lowest BCUT2D eigenvalue weighted by Gasteiger charge is -2.21. The highest BCUT2D eigenvalue weighted by atomic mass is 19.1. The number of carbonyl (C=O) groups is 1. The van der Waals surface area contributed by atoms with E-state index >= 15 is 0 Å². The van der Waals surface area contributed by atoms with Gasteiger partial charge in [-0.25, -0.2) is 4.39 Å². The molecule has 3 nitrogen and oxygen atoms in total. The van der Waals surface area contributed by atoms with E-state index < -0.39 is 11.9 Å². The predicted octanol–water partition coefficient (Wildman–Crippen LogP) is 0.648. The maximum atomic E-state index is 13.1. The number of amides is 1. The molecule has 1 atom stereocenters. The molecule has 1 aliphatic heterocycles. The normalized spacial score (nSPS) is 20.8. The molecule has 0 spiro atoms. The fourth-order valence-electron chi connectivity index (χ4n) is 1.42. The van der Waals surface area contributed by atoms with Crippen LogP contribution in [0, 0.1) is 5.82 Å². The third-order valence-corrected chi connectivity index (χ3v) is 2.12. The Labute approximate surface area is 74.7 Å². The van der Waals surface area contributed by atoms with Gasteiger partial charge in [-0.1, -0.05) is 12.1 Å². The van der Waals surface area contributed by atoms with Gasteiger partial charge in [-0.3, -0.25) is 4.79 Å². The van der Waals surface area contributed by atoms with Crippen molar-refractivity contribution < 1.29 is 9.18 Å². The average molecular weight is 180 g/mol. The van der Waals surface area contributed by atoms with Crippen molar-refractivity contribution in [1.29, 1.82) is 0 Å². The highest BCUT2D eigenvalue weighted by Crippen LogP contribution is 2.24. The van der Waals surface area contributed by atoms with Crippen molar-refractivity contribution in [2.45, 2.75) is 12.5 Å². The molecule has 3 N–H and O–H groups in total. The maximum absolute atomic E-state index is 13.1. The van der Waals surface area contributed by atoms with Crippen LogP contribution >= 0.6 is 0 Å². The Kier molecular flexibility index (Phi) is 1.77. The molecule has 0 radical (unpaired) electrons. The van der Waals surface area contributed by atoms with E-state index in [1.54, 1.807) is 12.1 Å². The van der Waals surface area contributed by atoms with E-state index in [4.69, 9.17) is 5.73 Å². The summed E-state index contributed by atoms with van der Waals surface area (Å²) in [6, 6.07) is 4.13. The number of nitrogens with one attached hydrogen (secondary N) is 1.